The van der Waals surface area contributed by atoms with Gasteiger partial charge in [0.05, 0.1) is 11.4 Å². The molecule has 19 heavy (non-hydrogen) atoms. The fourth-order valence-corrected chi connectivity index (χ4v) is 3.83. The quantitative estimate of drug-likeness (QED) is 0.907. The monoisotopic (exact) mass is 297 g/mol. The Morgan fingerprint density at radius 3 is 3.11 bits per heavy atom. The van der Waals surface area contributed by atoms with Gasteiger partial charge >= 0.3 is 0 Å². The van der Waals surface area contributed by atoms with Gasteiger partial charge in [-0.25, -0.2) is 0 Å². The Hall–Kier alpha value is -0.650. The molecule has 0 saturated heterocycles. The molecule has 1 amide bonds. The maximum Gasteiger partial charge on any atom is 0.237 e. The zero-order valence-corrected chi connectivity index (χ0v) is 12.7. The van der Waals surface area contributed by atoms with Gasteiger partial charge in [-0.1, -0.05) is 19.1 Å². The zero-order chi connectivity index (χ0) is 13.7. The summed E-state index contributed by atoms with van der Waals surface area (Å²) in [5.74, 6) is 1.61. The summed E-state index contributed by atoms with van der Waals surface area (Å²) in [6.07, 6.45) is 0.740. The van der Waals surface area contributed by atoms with Crippen molar-refractivity contribution < 1.29 is 9.90 Å². The highest BCUT2D eigenvalue weighted by molar-refractivity contribution is 8.00. The first-order valence-electron chi connectivity index (χ1n) is 6.47. The van der Waals surface area contributed by atoms with Gasteiger partial charge in [0, 0.05) is 29.0 Å². The van der Waals surface area contributed by atoms with E-state index in [0.29, 0.717) is 11.0 Å². The van der Waals surface area contributed by atoms with Gasteiger partial charge < -0.3 is 10.0 Å². The number of anilines is 1. The van der Waals surface area contributed by atoms with Gasteiger partial charge in [0.15, 0.2) is 0 Å². The summed E-state index contributed by atoms with van der Waals surface area (Å²) in [6, 6.07) is 8.08. The number of hydrogen-bond acceptors (Lipinski definition) is 4. The molecule has 0 spiro atoms. The Bertz CT molecular complexity index is 439. The third-order valence-electron chi connectivity index (χ3n) is 3.06. The van der Waals surface area contributed by atoms with Crippen molar-refractivity contribution in [1.82, 2.24) is 0 Å². The molecule has 0 radical (unpaired) electrons. The number of fused-ring (bicyclic) bond motifs is 1. The van der Waals surface area contributed by atoms with E-state index < -0.39 is 0 Å². The summed E-state index contributed by atoms with van der Waals surface area (Å²) in [6.45, 7) is 3.02. The Kier molecular flexibility index (Phi) is 5.60. The molecule has 1 aliphatic rings. The molecule has 1 aliphatic heterocycles. The minimum atomic E-state index is 0.169. The number of nitrogens with zero attached hydrogens (tertiary/aromatic N) is 1. The predicted octanol–water partition coefficient (Wildman–Crippen LogP) is 2.63. The molecule has 3 nitrogen and oxygen atoms in total. The van der Waals surface area contributed by atoms with Gasteiger partial charge in [-0.2, -0.15) is 0 Å². The zero-order valence-electron chi connectivity index (χ0n) is 11.0. The van der Waals surface area contributed by atoms with E-state index in [1.807, 2.05) is 41.8 Å². The molecule has 1 atom stereocenters. The summed E-state index contributed by atoms with van der Waals surface area (Å²) < 4.78 is 0. The number of benzene rings is 1. The SMILES string of the molecule is CC(CCO)SCC(=O)N1CCSc2ccccc21. The van der Waals surface area contributed by atoms with E-state index in [4.69, 9.17) is 5.11 Å². The molecule has 1 N–H and O–H groups in total. The Balaban J connectivity index is 1.97. The number of rotatable bonds is 5. The molecule has 1 heterocycles. The van der Waals surface area contributed by atoms with E-state index >= 15 is 0 Å². The van der Waals surface area contributed by atoms with Crippen LogP contribution >= 0.6 is 23.5 Å². The van der Waals surface area contributed by atoms with Gasteiger partial charge in [0.1, 0.15) is 0 Å². The molecular formula is C14H19NO2S2. The molecule has 5 heteroatoms. The summed E-state index contributed by atoms with van der Waals surface area (Å²) in [7, 11) is 0. The van der Waals surface area contributed by atoms with Crippen LogP contribution in [0.15, 0.2) is 29.2 Å². The van der Waals surface area contributed by atoms with Crippen molar-refractivity contribution in [3.8, 4) is 0 Å². The smallest absolute Gasteiger partial charge is 0.237 e. The van der Waals surface area contributed by atoms with E-state index in [1.54, 1.807) is 11.8 Å². The van der Waals surface area contributed by atoms with E-state index in [2.05, 4.69) is 6.07 Å². The number of hydrogen-bond donors (Lipinski definition) is 1. The van der Waals surface area contributed by atoms with E-state index in [0.717, 1.165) is 24.4 Å². The normalized spacial score (nSPS) is 16.0. The molecular weight excluding hydrogens is 278 g/mol. The molecule has 0 saturated carbocycles. The van der Waals surface area contributed by atoms with E-state index in [9.17, 15) is 4.79 Å². The van der Waals surface area contributed by atoms with Crippen LogP contribution in [0.1, 0.15) is 13.3 Å². The minimum absolute atomic E-state index is 0.169. The van der Waals surface area contributed by atoms with Crippen molar-refractivity contribution >= 4 is 35.1 Å². The molecule has 1 aromatic carbocycles. The lowest BCUT2D eigenvalue weighted by Gasteiger charge is -2.29. The van der Waals surface area contributed by atoms with E-state index in [-0.39, 0.29) is 12.5 Å². The van der Waals surface area contributed by atoms with Crippen LogP contribution in [0, 0.1) is 0 Å². The van der Waals surface area contributed by atoms with Gasteiger partial charge in [0.25, 0.3) is 0 Å². The average molecular weight is 297 g/mol. The lowest BCUT2D eigenvalue weighted by atomic mass is 10.3. The average Bonchev–Trinajstić information content (AvgIpc) is 2.44. The first kappa shape index (κ1) is 14.8. The van der Waals surface area contributed by atoms with Gasteiger partial charge in [-0.05, 0) is 18.6 Å². The van der Waals surface area contributed by atoms with Crippen LogP contribution in [0.5, 0.6) is 0 Å². The molecule has 1 unspecified atom stereocenters. The number of aliphatic hydroxyl groups excluding tert-OH is 1. The van der Waals surface area contributed by atoms with Gasteiger partial charge in [-0.3, -0.25) is 4.79 Å². The Morgan fingerprint density at radius 2 is 2.32 bits per heavy atom. The molecule has 0 bridgehead atoms. The largest absolute Gasteiger partial charge is 0.396 e. The maximum absolute atomic E-state index is 12.3. The summed E-state index contributed by atoms with van der Waals surface area (Å²) in [5.41, 5.74) is 1.04. The highest BCUT2D eigenvalue weighted by atomic mass is 32.2. The highest BCUT2D eigenvalue weighted by Gasteiger charge is 2.22. The van der Waals surface area contributed by atoms with Crippen LogP contribution in [-0.4, -0.2) is 40.9 Å². The number of amides is 1. The van der Waals surface area contributed by atoms with Crippen LogP contribution in [0.3, 0.4) is 0 Å². The van der Waals surface area contributed by atoms with Crippen molar-refractivity contribution in [2.75, 3.05) is 29.6 Å². The van der Waals surface area contributed by atoms with E-state index in [1.165, 1.54) is 4.90 Å². The Morgan fingerprint density at radius 1 is 1.53 bits per heavy atom. The lowest BCUT2D eigenvalue weighted by Crippen LogP contribution is -2.36. The molecule has 0 aromatic heterocycles. The van der Waals surface area contributed by atoms with Crippen LogP contribution in [0.2, 0.25) is 0 Å². The third-order valence-corrected chi connectivity index (χ3v) is 5.32. The standard InChI is InChI=1S/C14H19NO2S2/c1-11(6-8-16)19-10-14(17)15-7-9-18-13-5-3-2-4-12(13)15/h2-5,11,16H,6-10H2,1H3. The van der Waals surface area contributed by atoms with Crippen LogP contribution < -0.4 is 4.90 Å². The minimum Gasteiger partial charge on any atom is -0.396 e. The van der Waals surface area contributed by atoms with Crippen LogP contribution in [-0.2, 0) is 4.79 Å². The van der Waals surface area contributed by atoms with Crippen molar-refractivity contribution in [2.45, 2.75) is 23.5 Å². The topological polar surface area (TPSA) is 40.5 Å². The summed E-state index contributed by atoms with van der Waals surface area (Å²) in [4.78, 5) is 15.4. The number of para-hydroxylation sites is 1. The molecule has 0 fully saturated rings. The highest BCUT2D eigenvalue weighted by Crippen LogP contribution is 2.34. The first-order valence-corrected chi connectivity index (χ1v) is 8.50. The van der Waals surface area contributed by atoms with Gasteiger partial charge in [-0.15, -0.1) is 23.5 Å². The van der Waals surface area contributed by atoms with Crippen LogP contribution in [0.4, 0.5) is 5.69 Å². The fraction of sp³-hybridized carbons (Fsp3) is 0.500. The third kappa shape index (κ3) is 3.91. The molecule has 104 valence electrons. The van der Waals surface area contributed by atoms with Crippen molar-refractivity contribution in [1.29, 1.82) is 0 Å². The first-order chi connectivity index (χ1) is 9.22. The maximum atomic E-state index is 12.3. The second-order valence-electron chi connectivity index (χ2n) is 4.50. The van der Waals surface area contributed by atoms with Crippen molar-refractivity contribution in [3.05, 3.63) is 24.3 Å². The molecule has 1 aromatic rings. The number of aliphatic hydroxyl groups is 1. The second-order valence-corrected chi connectivity index (χ2v) is 7.06. The fourth-order valence-electron chi connectivity index (χ4n) is 1.99. The number of carbonyl (C=O) groups excluding carboxylic acids is 1. The summed E-state index contributed by atoms with van der Waals surface area (Å²) >= 11 is 3.43. The number of thioether (sulfide) groups is 2. The van der Waals surface area contributed by atoms with Crippen LogP contribution in [0.25, 0.3) is 0 Å². The summed E-state index contributed by atoms with van der Waals surface area (Å²) in [5, 5.41) is 9.19. The van der Waals surface area contributed by atoms with Crippen molar-refractivity contribution in [3.63, 3.8) is 0 Å². The lowest BCUT2D eigenvalue weighted by molar-refractivity contribution is -0.116. The predicted molar refractivity (Wildman–Crippen MR) is 83.1 cm³/mol. The molecule has 0 aliphatic carbocycles. The van der Waals surface area contributed by atoms with Gasteiger partial charge in [0.2, 0.25) is 5.91 Å². The Labute approximate surface area is 122 Å². The molecule has 2 rings (SSSR count). The number of carbonyl (C=O) groups is 1. The van der Waals surface area contributed by atoms with Crippen molar-refractivity contribution in [2.24, 2.45) is 0 Å². The second kappa shape index (κ2) is 7.22.